The zero-order valence-electron chi connectivity index (χ0n) is 13.9. The van der Waals surface area contributed by atoms with Crippen molar-refractivity contribution >= 4 is 11.9 Å². The number of carbonyl (C=O) groups is 1. The highest BCUT2D eigenvalue weighted by Crippen LogP contribution is 2.21. The molecule has 0 amide bonds. The van der Waals surface area contributed by atoms with E-state index in [1.165, 1.54) is 6.07 Å². The van der Waals surface area contributed by atoms with Gasteiger partial charge in [0.15, 0.2) is 0 Å². The second kappa shape index (κ2) is 7.22. The van der Waals surface area contributed by atoms with Gasteiger partial charge in [0.05, 0.1) is 0 Å². The predicted molar refractivity (Wildman–Crippen MR) is 88.5 cm³/mol. The second-order valence-corrected chi connectivity index (χ2v) is 5.60. The Morgan fingerprint density at radius 3 is 2.58 bits per heavy atom. The van der Waals surface area contributed by atoms with Crippen LogP contribution in [0.2, 0.25) is 0 Å². The van der Waals surface area contributed by atoms with Gasteiger partial charge < -0.3 is 4.57 Å². The van der Waals surface area contributed by atoms with E-state index < -0.39 is 17.4 Å². The summed E-state index contributed by atoms with van der Waals surface area (Å²) in [5.41, 5.74) is 1.96. The van der Waals surface area contributed by atoms with E-state index in [1.807, 2.05) is 31.4 Å². The van der Waals surface area contributed by atoms with Gasteiger partial charge in [0.1, 0.15) is 23.3 Å². The van der Waals surface area contributed by atoms with Crippen LogP contribution < -0.4 is 0 Å². The summed E-state index contributed by atoms with van der Waals surface area (Å²) < 4.78 is 28.7. The largest absolute Gasteiger partial charge is 0.348 e. The van der Waals surface area contributed by atoms with Crippen molar-refractivity contribution in [3.05, 3.63) is 64.0 Å². The number of hydrogen-bond donors (Lipinski definition) is 0. The summed E-state index contributed by atoms with van der Waals surface area (Å²) in [6.07, 6.45) is 2.08. The molecule has 1 aromatic carbocycles. The zero-order chi connectivity index (χ0) is 17.9. The van der Waals surface area contributed by atoms with E-state index in [1.54, 1.807) is 6.07 Å². The second-order valence-electron chi connectivity index (χ2n) is 5.60. The lowest BCUT2D eigenvalue weighted by Gasteiger charge is -2.07. The zero-order valence-corrected chi connectivity index (χ0v) is 13.9. The third-order valence-corrected chi connectivity index (χ3v) is 3.89. The molecule has 0 spiro atoms. The van der Waals surface area contributed by atoms with Crippen LogP contribution in [-0.2, 0) is 6.54 Å². The van der Waals surface area contributed by atoms with E-state index in [9.17, 15) is 18.8 Å². The molecule has 1 heterocycles. The lowest BCUT2D eigenvalue weighted by atomic mass is 10.0. The quantitative estimate of drug-likeness (QED) is 0.458. The molecule has 0 radical (unpaired) electrons. The van der Waals surface area contributed by atoms with Crippen LogP contribution in [0.1, 0.15) is 40.7 Å². The monoisotopic (exact) mass is 328 g/mol. The molecule has 24 heavy (non-hydrogen) atoms. The molecular weight excluding hydrogens is 310 g/mol. The summed E-state index contributed by atoms with van der Waals surface area (Å²) >= 11 is 0. The van der Waals surface area contributed by atoms with Crippen LogP contribution in [0, 0.1) is 36.8 Å². The average Bonchev–Trinajstić information content (AvgIpc) is 2.82. The number of benzene rings is 1. The topological polar surface area (TPSA) is 45.8 Å². The molecule has 1 aromatic heterocycles. The molecule has 0 aliphatic carbocycles. The molecule has 124 valence electrons. The van der Waals surface area contributed by atoms with E-state index >= 15 is 0 Å². The third-order valence-electron chi connectivity index (χ3n) is 3.89. The highest BCUT2D eigenvalue weighted by molar-refractivity contribution is 6.14. The van der Waals surface area contributed by atoms with Crippen molar-refractivity contribution in [2.24, 2.45) is 0 Å². The molecule has 0 fully saturated rings. The number of aromatic nitrogens is 1. The minimum atomic E-state index is -0.813. The fourth-order valence-corrected chi connectivity index (χ4v) is 2.67. The summed E-state index contributed by atoms with van der Waals surface area (Å²) in [6.45, 7) is 6.54. The van der Waals surface area contributed by atoms with Crippen molar-refractivity contribution in [1.82, 2.24) is 4.57 Å². The molecule has 0 aliphatic rings. The summed E-state index contributed by atoms with van der Waals surface area (Å²) in [7, 11) is 0. The van der Waals surface area contributed by atoms with Crippen molar-refractivity contribution in [3.63, 3.8) is 0 Å². The predicted octanol–water partition coefficient (Wildman–Crippen LogP) is 4.58. The molecule has 0 aliphatic heterocycles. The van der Waals surface area contributed by atoms with Gasteiger partial charge in [-0.1, -0.05) is 6.92 Å². The molecule has 0 N–H and O–H groups in total. The number of nitrogens with zero attached hydrogens (tertiary/aromatic N) is 2. The Labute approximate surface area is 139 Å². The molecule has 5 heteroatoms. The van der Waals surface area contributed by atoms with Crippen molar-refractivity contribution < 1.29 is 13.6 Å². The first-order chi connectivity index (χ1) is 11.4. The summed E-state index contributed by atoms with van der Waals surface area (Å²) in [5, 5.41) is 9.29. The highest BCUT2D eigenvalue weighted by atomic mass is 19.1. The van der Waals surface area contributed by atoms with E-state index in [0.717, 1.165) is 42.6 Å². The Balaban J connectivity index is 2.45. The standard InChI is InChI=1S/C19H18F2N2O/c1-4-7-23-12(2)8-17(13(23)3)19(24)15(11-22)9-14-5-6-16(20)10-18(14)21/h5-6,8-10H,4,7H2,1-3H3/b15-9+. The van der Waals surface area contributed by atoms with Crippen molar-refractivity contribution in [1.29, 1.82) is 5.26 Å². The molecule has 0 saturated heterocycles. The molecular formula is C19H18F2N2O. The number of rotatable bonds is 5. The smallest absolute Gasteiger partial charge is 0.205 e. The lowest BCUT2D eigenvalue weighted by molar-refractivity contribution is 0.103. The summed E-state index contributed by atoms with van der Waals surface area (Å²) in [5.74, 6) is -1.98. The number of carbonyl (C=O) groups excluding carboxylic acids is 1. The average molecular weight is 328 g/mol. The van der Waals surface area contributed by atoms with Gasteiger partial charge in [0.25, 0.3) is 0 Å². The maximum Gasteiger partial charge on any atom is 0.205 e. The van der Waals surface area contributed by atoms with Gasteiger partial charge in [-0.2, -0.15) is 5.26 Å². The van der Waals surface area contributed by atoms with Crippen LogP contribution in [0.3, 0.4) is 0 Å². The Morgan fingerprint density at radius 2 is 2.00 bits per heavy atom. The van der Waals surface area contributed by atoms with Crippen molar-refractivity contribution in [3.8, 4) is 6.07 Å². The molecule has 2 rings (SSSR count). The van der Waals surface area contributed by atoms with E-state index in [0.29, 0.717) is 5.56 Å². The Morgan fingerprint density at radius 1 is 1.29 bits per heavy atom. The van der Waals surface area contributed by atoms with E-state index in [4.69, 9.17) is 0 Å². The third kappa shape index (κ3) is 3.43. The van der Waals surface area contributed by atoms with Crippen LogP contribution in [0.15, 0.2) is 29.8 Å². The fraction of sp³-hybridized carbons (Fsp3) is 0.263. The van der Waals surface area contributed by atoms with Gasteiger partial charge in [-0.25, -0.2) is 8.78 Å². The lowest BCUT2D eigenvalue weighted by Crippen LogP contribution is -2.06. The number of halogens is 2. The first kappa shape index (κ1) is 17.6. The van der Waals surface area contributed by atoms with Gasteiger partial charge >= 0.3 is 0 Å². The first-order valence-corrected chi connectivity index (χ1v) is 7.67. The Kier molecular flexibility index (Phi) is 5.30. The Hall–Kier alpha value is -2.74. The van der Waals surface area contributed by atoms with E-state index in [-0.39, 0.29) is 11.1 Å². The maximum absolute atomic E-state index is 13.8. The van der Waals surface area contributed by atoms with Gasteiger partial charge in [-0.05, 0) is 44.5 Å². The van der Waals surface area contributed by atoms with Gasteiger partial charge in [0, 0.05) is 35.1 Å². The molecule has 0 saturated carbocycles. The highest BCUT2D eigenvalue weighted by Gasteiger charge is 2.19. The van der Waals surface area contributed by atoms with Crippen molar-refractivity contribution in [2.45, 2.75) is 33.7 Å². The minimum absolute atomic E-state index is 0.00339. The van der Waals surface area contributed by atoms with Gasteiger partial charge in [-0.3, -0.25) is 4.79 Å². The first-order valence-electron chi connectivity index (χ1n) is 7.67. The number of nitriles is 1. The summed E-state index contributed by atoms with van der Waals surface area (Å²) in [6, 6.07) is 6.57. The van der Waals surface area contributed by atoms with Gasteiger partial charge in [0.2, 0.25) is 5.78 Å². The fourth-order valence-electron chi connectivity index (χ4n) is 2.67. The molecule has 3 nitrogen and oxygen atoms in total. The van der Waals surface area contributed by atoms with E-state index in [2.05, 4.69) is 0 Å². The van der Waals surface area contributed by atoms with Gasteiger partial charge in [-0.15, -0.1) is 0 Å². The number of aryl methyl sites for hydroxylation is 1. The number of Topliss-reactive ketones (excluding diaryl/α,β-unsaturated/α-hetero) is 1. The van der Waals surface area contributed by atoms with Crippen LogP contribution in [-0.4, -0.2) is 10.4 Å². The van der Waals surface area contributed by atoms with Crippen LogP contribution in [0.4, 0.5) is 8.78 Å². The maximum atomic E-state index is 13.8. The Bertz CT molecular complexity index is 857. The SMILES string of the molecule is CCCn1c(C)cc(C(=O)/C(C#N)=C/c2ccc(F)cc2F)c1C. The normalized spacial score (nSPS) is 11.4. The van der Waals surface area contributed by atoms with Crippen LogP contribution >= 0.6 is 0 Å². The number of allylic oxidation sites excluding steroid dienone is 1. The number of ketones is 1. The van der Waals surface area contributed by atoms with Crippen LogP contribution in [0.25, 0.3) is 6.08 Å². The molecule has 0 bridgehead atoms. The van der Waals surface area contributed by atoms with Crippen LogP contribution in [0.5, 0.6) is 0 Å². The van der Waals surface area contributed by atoms with Crippen molar-refractivity contribution in [2.75, 3.05) is 0 Å². The molecule has 2 aromatic rings. The number of hydrogen-bond acceptors (Lipinski definition) is 2. The molecule has 0 atom stereocenters. The summed E-state index contributed by atoms with van der Waals surface area (Å²) in [4.78, 5) is 12.6. The molecule has 0 unspecified atom stereocenters. The minimum Gasteiger partial charge on any atom is -0.348 e.